The van der Waals surface area contributed by atoms with E-state index in [1.54, 1.807) is 6.08 Å². The van der Waals surface area contributed by atoms with Crippen LogP contribution in [0.3, 0.4) is 0 Å². The molecule has 0 aromatic heterocycles. The number of carbonyl (C=O) groups is 3. The summed E-state index contributed by atoms with van der Waals surface area (Å²) in [7, 11) is 1.26. The Labute approximate surface area is 157 Å². The minimum absolute atomic E-state index is 0.0799. The van der Waals surface area contributed by atoms with Gasteiger partial charge in [-0.3, -0.25) is 14.4 Å². The molecule has 5 aliphatic rings. The van der Waals surface area contributed by atoms with Gasteiger partial charge in [-0.25, -0.2) is 0 Å². The minimum atomic E-state index is -1.46. The molecule has 0 amide bonds. The molecular weight excluding hydrogens is 352 g/mol. The standard InChI is InChI=1S/C20H24O7/c1-24-18(23)20-10-7-12-14(15(20)11(21)5-6-13(20)22)16-17(25-12)27-19(26-16)8-3-2-4-9-19/h7,14-17H,2-6,8-10H2,1H3/t14?,15-,16+,17+,20-/m0/s1. The van der Waals surface area contributed by atoms with Crippen LogP contribution in [0.5, 0.6) is 0 Å². The van der Waals surface area contributed by atoms with Gasteiger partial charge in [-0.1, -0.05) is 6.42 Å². The Kier molecular flexibility index (Phi) is 3.78. The first-order chi connectivity index (χ1) is 13.0. The number of ether oxygens (including phenoxy) is 4. The predicted molar refractivity (Wildman–Crippen MR) is 90.0 cm³/mol. The number of hydrogen-bond donors (Lipinski definition) is 0. The van der Waals surface area contributed by atoms with E-state index >= 15 is 0 Å². The summed E-state index contributed by atoms with van der Waals surface area (Å²) in [6.45, 7) is 0. The lowest BCUT2D eigenvalue weighted by molar-refractivity contribution is -0.227. The van der Waals surface area contributed by atoms with E-state index in [9.17, 15) is 14.4 Å². The lowest BCUT2D eigenvalue weighted by Gasteiger charge is -2.45. The van der Waals surface area contributed by atoms with E-state index in [1.807, 2.05) is 0 Å². The van der Waals surface area contributed by atoms with Gasteiger partial charge in [0.2, 0.25) is 6.29 Å². The van der Waals surface area contributed by atoms with Gasteiger partial charge in [0.15, 0.2) is 11.6 Å². The van der Waals surface area contributed by atoms with Crippen molar-refractivity contribution in [1.29, 1.82) is 0 Å². The maximum atomic E-state index is 13.0. The molecule has 2 saturated heterocycles. The topological polar surface area (TPSA) is 88.1 Å². The minimum Gasteiger partial charge on any atom is -0.468 e. The second-order valence-electron chi connectivity index (χ2n) is 8.32. The Hall–Kier alpha value is -1.73. The summed E-state index contributed by atoms with van der Waals surface area (Å²) >= 11 is 0. The van der Waals surface area contributed by atoms with Crippen LogP contribution in [0.25, 0.3) is 0 Å². The maximum absolute atomic E-state index is 13.0. The van der Waals surface area contributed by atoms with E-state index in [1.165, 1.54) is 7.11 Å². The molecule has 0 bridgehead atoms. The highest BCUT2D eigenvalue weighted by atomic mass is 16.8. The monoisotopic (exact) mass is 376 g/mol. The number of allylic oxidation sites excluding steroid dienone is 1. The van der Waals surface area contributed by atoms with Crippen LogP contribution >= 0.6 is 0 Å². The summed E-state index contributed by atoms with van der Waals surface area (Å²) in [4.78, 5) is 38.6. The molecular formula is C20H24O7. The van der Waals surface area contributed by atoms with Gasteiger partial charge in [-0.05, 0) is 25.3 Å². The van der Waals surface area contributed by atoms with E-state index in [-0.39, 0.29) is 30.8 Å². The van der Waals surface area contributed by atoms with Crippen LogP contribution in [-0.4, -0.2) is 42.8 Å². The smallest absolute Gasteiger partial charge is 0.320 e. The second-order valence-corrected chi connectivity index (χ2v) is 8.32. The van der Waals surface area contributed by atoms with Crippen molar-refractivity contribution < 1.29 is 33.3 Å². The molecule has 5 rings (SSSR count). The van der Waals surface area contributed by atoms with Crippen molar-refractivity contribution in [1.82, 2.24) is 0 Å². The molecule has 0 radical (unpaired) electrons. The van der Waals surface area contributed by atoms with Gasteiger partial charge < -0.3 is 18.9 Å². The molecule has 3 aliphatic carbocycles. The van der Waals surface area contributed by atoms with Gasteiger partial charge in [0.1, 0.15) is 23.1 Å². The SMILES string of the molecule is COC(=O)[C@]12CC=C3O[C@@H]4OC5(CCCCC5)O[C@@H]4C3[C@@H]1C(=O)CCC2=O. The molecule has 5 atom stereocenters. The molecule has 0 N–H and O–H groups in total. The highest BCUT2D eigenvalue weighted by Gasteiger charge is 2.68. The first-order valence-electron chi connectivity index (χ1n) is 9.87. The van der Waals surface area contributed by atoms with Crippen molar-refractivity contribution in [2.24, 2.45) is 17.3 Å². The quantitative estimate of drug-likeness (QED) is 0.511. The van der Waals surface area contributed by atoms with Gasteiger partial charge in [0, 0.05) is 25.7 Å². The van der Waals surface area contributed by atoms with Crippen LogP contribution in [-0.2, 0) is 33.3 Å². The lowest BCUT2D eigenvalue weighted by atomic mass is 9.55. The summed E-state index contributed by atoms with van der Waals surface area (Å²) in [5.41, 5.74) is -1.46. The zero-order valence-electron chi connectivity index (χ0n) is 15.4. The van der Waals surface area contributed by atoms with Gasteiger partial charge >= 0.3 is 5.97 Å². The normalized spacial score (nSPS) is 42.0. The van der Waals surface area contributed by atoms with Crippen molar-refractivity contribution in [3.63, 3.8) is 0 Å². The molecule has 146 valence electrons. The van der Waals surface area contributed by atoms with Crippen molar-refractivity contribution in [3.05, 3.63) is 11.8 Å². The number of hydrogen-bond acceptors (Lipinski definition) is 7. The molecule has 2 saturated carbocycles. The van der Waals surface area contributed by atoms with Crippen LogP contribution in [0.4, 0.5) is 0 Å². The second kappa shape index (κ2) is 5.88. The molecule has 27 heavy (non-hydrogen) atoms. The fraction of sp³-hybridized carbons (Fsp3) is 0.750. The predicted octanol–water partition coefficient (Wildman–Crippen LogP) is 2.03. The van der Waals surface area contributed by atoms with E-state index in [0.29, 0.717) is 5.76 Å². The van der Waals surface area contributed by atoms with Crippen molar-refractivity contribution in [2.45, 2.75) is 69.5 Å². The average molecular weight is 376 g/mol. The molecule has 2 aliphatic heterocycles. The lowest BCUT2D eigenvalue weighted by Crippen LogP contribution is -2.58. The Morgan fingerprint density at radius 3 is 2.67 bits per heavy atom. The number of rotatable bonds is 1. The number of methoxy groups -OCH3 is 1. The number of ketones is 2. The highest BCUT2D eigenvalue weighted by Crippen LogP contribution is 2.58. The third-order valence-corrected chi connectivity index (χ3v) is 7.01. The number of esters is 1. The molecule has 1 unspecified atom stereocenters. The van der Waals surface area contributed by atoms with Crippen LogP contribution < -0.4 is 0 Å². The van der Waals surface area contributed by atoms with Crippen LogP contribution in [0.15, 0.2) is 11.8 Å². The molecule has 7 heteroatoms. The van der Waals surface area contributed by atoms with Gasteiger partial charge in [-0.2, -0.15) is 0 Å². The molecule has 7 nitrogen and oxygen atoms in total. The van der Waals surface area contributed by atoms with Crippen molar-refractivity contribution >= 4 is 17.5 Å². The molecule has 2 heterocycles. The van der Waals surface area contributed by atoms with Crippen LogP contribution in [0.1, 0.15) is 51.4 Å². The summed E-state index contributed by atoms with van der Waals surface area (Å²) in [5, 5.41) is 0. The number of carbonyl (C=O) groups excluding carboxylic acids is 3. The molecule has 0 aromatic rings. The third kappa shape index (κ3) is 2.24. The largest absolute Gasteiger partial charge is 0.468 e. The van der Waals surface area contributed by atoms with Crippen LogP contribution in [0, 0.1) is 17.3 Å². The Morgan fingerprint density at radius 2 is 1.93 bits per heavy atom. The van der Waals surface area contributed by atoms with Crippen molar-refractivity contribution in [3.8, 4) is 0 Å². The van der Waals surface area contributed by atoms with Gasteiger partial charge in [-0.15, -0.1) is 0 Å². The van der Waals surface area contributed by atoms with Gasteiger partial charge in [0.05, 0.1) is 18.9 Å². The molecule has 0 aromatic carbocycles. The summed E-state index contributed by atoms with van der Waals surface area (Å²) in [5.74, 6) is -2.26. The Balaban J connectivity index is 1.54. The summed E-state index contributed by atoms with van der Waals surface area (Å²) in [6.07, 6.45) is 5.87. The highest BCUT2D eigenvalue weighted by molar-refractivity contribution is 6.12. The van der Waals surface area contributed by atoms with Gasteiger partial charge in [0.25, 0.3) is 0 Å². The van der Waals surface area contributed by atoms with Crippen LogP contribution in [0.2, 0.25) is 0 Å². The first-order valence-corrected chi connectivity index (χ1v) is 9.87. The zero-order valence-corrected chi connectivity index (χ0v) is 15.4. The van der Waals surface area contributed by atoms with E-state index in [0.717, 1.165) is 32.1 Å². The fourth-order valence-electron chi connectivity index (χ4n) is 5.76. The third-order valence-electron chi connectivity index (χ3n) is 7.01. The zero-order chi connectivity index (χ0) is 18.8. The van der Waals surface area contributed by atoms with E-state index in [4.69, 9.17) is 18.9 Å². The fourth-order valence-corrected chi connectivity index (χ4v) is 5.76. The van der Waals surface area contributed by atoms with E-state index < -0.39 is 41.4 Å². The molecule has 4 fully saturated rings. The number of fused-ring (bicyclic) bond motifs is 5. The Morgan fingerprint density at radius 1 is 1.15 bits per heavy atom. The summed E-state index contributed by atoms with van der Waals surface area (Å²) < 4.78 is 23.5. The van der Waals surface area contributed by atoms with E-state index in [2.05, 4.69) is 0 Å². The first kappa shape index (κ1) is 17.4. The number of Topliss-reactive ketones (excluding diaryl/α,β-unsaturated/α-hetero) is 2. The average Bonchev–Trinajstić information content (AvgIpc) is 3.18. The summed E-state index contributed by atoms with van der Waals surface area (Å²) in [6, 6.07) is 0. The Bertz CT molecular complexity index is 725. The molecule has 1 spiro atoms. The maximum Gasteiger partial charge on any atom is 0.320 e. The van der Waals surface area contributed by atoms with Crippen molar-refractivity contribution in [2.75, 3.05) is 7.11 Å².